The standard InChI is InChI=1S/C22H20F3N5O3/c1-13-2-5-16-19(26-13)28-21(33-16)30-10-8-29(9-11-30)20(31)14-3-4-15-17(12-14)32-18(27-15)6-7-22(23,24)25/h2-5,12H,6-11H2,1H3. The van der Waals surface area contributed by atoms with Crippen LogP contribution in [0.2, 0.25) is 0 Å². The van der Waals surface area contributed by atoms with Gasteiger partial charge in [0.1, 0.15) is 5.52 Å². The van der Waals surface area contributed by atoms with E-state index < -0.39 is 12.6 Å². The Morgan fingerprint density at radius 2 is 1.79 bits per heavy atom. The third kappa shape index (κ3) is 4.48. The van der Waals surface area contributed by atoms with Crippen molar-refractivity contribution in [2.45, 2.75) is 25.9 Å². The van der Waals surface area contributed by atoms with Crippen molar-refractivity contribution in [3.05, 3.63) is 47.5 Å². The minimum absolute atomic E-state index is 0.00329. The highest BCUT2D eigenvalue weighted by molar-refractivity contribution is 5.97. The number of fused-ring (bicyclic) bond motifs is 2. The molecule has 33 heavy (non-hydrogen) atoms. The second kappa shape index (κ2) is 8.05. The second-order valence-electron chi connectivity index (χ2n) is 7.96. The number of pyridine rings is 1. The Morgan fingerprint density at radius 3 is 2.55 bits per heavy atom. The van der Waals surface area contributed by atoms with Crippen molar-refractivity contribution in [2.24, 2.45) is 0 Å². The van der Waals surface area contributed by atoms with Gasteiger partial charge in [-0.3, -0.25) is 4.79 Å². The molecule has 3 aromatic heterocycles. The number of oxazole rings is 2. The minimum atomic E-state index is -4.28. The zero-order valence-electron chi connectivity index (χ0n) is 17.7. The van der Waals surface area contributed by atoms with E-state index in [4.69, 9.17) is 8.83 Å². The van der Waals surface area contributed by atoms with E-state index in [1.807, 2.05) is 24.0 Å². The first-order valence-electron chi connectivity index (χ1n) is 10.5. The predicted octanol–water partition coefficient (Wildman–Crippen LogP) is 4.13. The summed E-state index contributed by atoms with van der Waals surface area (Å²) in [6.07, 6.45) is -5.63. The molecule has 0 saturated carbocycles. The number of anilines is 1. The number of halogens is 3. The van der Waals surface area contributed by atoms with Gasteiger partial charge in [-0.1, -0.05) is 0 Å². The lowest BCUT2D eigenvalue weighted by Gasteiger charge is -2.33. The number of alkyl halides is 3. The van der Waals surface area contributed by atoms with Gasteiger partial charge in [0.25, 0.3) is 11.9 Å². The third-order valence-corrected chi connectivity index (χ3v) is 5.52. The maximum absolute atomic E-state index is 13.0. The van der Waals surface area contributed by atoms with Crippen LogP contribution in [0.15, 0.2) is 39.2 Å². The van der Waals surface area contributed by atoms with Gasteiger partial charge < -0.3 is 18.6 Å². The number of piperazine rings is 1. The molecule has 1 fully saturated rings. The van der Waals surface area contributed by atoms with Crippen molar-refractivity contribution < 1.29 is 26.8 Å². The molecule has 4 heterocycles. The molecule has 1 saturated heterocycles. The van der Waals surface area contributed by atoms with Crippen LogP contribution in [0.5, 0.6) is 0 Å². The van der Waals surface area contributed by atoms with Crippen LogP contribution in [0.3, 0.4) is 0 Å². The highest BCUT2D eigenvalue weighted by Gasteiger charge is 2.28. The van der Waals surface area contributed by atoms with E-state index in [0.717, 1.165) is 5.69 Å². The summed E-state index contributed by atoms with van der Waals surface area (Å²) in [5, 5.41) is 0. The predicted molar refractivity (Wildman–Crippen MR) is 113 cm³/mol. The average molecular weight is 459 g/mol. The van der Waals surface area contributed by atoms with E-state index in [9.17, 15) is 18.0 Å². The van der Waals surface area contributed by atoms with E-state index >= 15 is 0 Å². The fourth-order valence-electron chi connectivity index (χ4n) is 3.78. The summed E-state index contributed by atoms with van der Waals surface area (Å²) in [4.78, 5) is 29.5. The highest BCUT2D eigenvalue weighted by atomic mass is 19.4. The molecular formula is C22H20F3N5O3. The van der Waals surface area contributed by atoms with E-state index in [1.165, 1.54) is 6.07 Å². The van der Waals surface area contributed by atoms with Gasteiger partial charge in [-0.2, -0.15) is 18.2 Å². The number of hydrogen-bond donors (Lipinski definition) is 0. The zero-order valence-corrected chi connectivity index (χ0v) is 17.7. The molecule has 0 radical (unpaired) electrons. The summed E-state index contributed by atoms with van der Waals surface area (Å²) in [5.74, 6) is -0.178. The van der Waals surface area contributed by atoms with Crippen LogP contribution < -0.4 is 4.90 Å². The number of benzene rings is 1. The van der Waals surface area contributed by atoms with E-state index in [-0.39, 0.29) is 18.2 Å². The number of aromatic nitrogens is 3. The van der Waals surface area contributed by atoms with Crippen molar-refractivity contribution in [1.29, 1.82) is 0 Å². The fourth-order valence-corrected chi connectivity index (χ4v) is 3.78. The summed E-state index contributed by atoms with van der Waals surface area (Å²) in [5.41, 5.74) is 3.15. The summed E-state index contributed by atoms with van der Waals surface area (Å²) >= 11 is 0. The Balaban J connectivity index is 1.25. The van der Waals surface area contributed by atoms with Crippen LogP contribution in [0.25, 0.3) is 22.3 Å². The van der Waals surface area contributed by atoms with E-state index in [1.54, 1.807) is 17.0 Å². The van der Waals surface area contributed by atoms with E-state index in [2.05, 4.69) is 15.0 Å². The van der Waals surface area contributed by atoms with Gasteiger partial charge in [-0.25, -0.2) is 9.97 Å². The Morgan fingerprint density at radius 1 is 1.00 bits per heavy atom. The number of carbonyl (C=O) groups excluding carboxylic acids is 1. The largest absolute Gasteiger partial charge is 0.441 e. The van der Waals surface area contributed by atoms with Crippen molar-refractivity contribution in [3.63, 3.8) is 0 Å². The summed E-state index contributed by atoms with van der Waals surface area (Å²) in [6.45, 7) is 3.91. The lowest BCUT2D eigenvalue weighted by atomic mass is 10.1. The number of amides is 1. The molecule has 1 aliphatic rings. The van der Waals surface area contributed by atoms with Gasteiger partial charge in [0.2, 0.25) is 5.65 Å². The first kappa shape index (κ1) is 21.2. The van der Waals surface area contributed by atoms with Gasteiger partial charge in [0.05, 0.1) is 6.42 Å². The van der Waals surface area contributed by atoms with Crippen molar-refractivity contribution >= 4 is 34.3 Å². The molecule has 11 heteroatoms. The van der Waals surface area contributed by atoms with Crippen LogP contribution in [0.4, 0.5) is 19.2 Å². The number of rotatable bonds is 4. The maximum Gasteiger partial charge on any atom is 0.389 e. The van der Waals surface area contributed by atoms with Crippen molar-refractivity contribution in [2.75, 3.05) is 31.1 Å². The van der Waals surface area contributed by atoms with Gasteiger partial charge >= 0.3 is 6.18 Å². The first-order chi connectivity index (χ1) is 15.7. The molecule has 1 amide bonds. The van der Waals surface area contributed by atoms with Gasteiger partial charge in [0.15, 0.2) is 17.1 Å². The van der Waals surface area contributed by atoms with Gasteiger partial charge in [-0.05, 0) is 37.3 Å². The maximum atomic E-state index is 13.0. The first-order valence-corrected chi connectivity index (χ1v) is 10.5. The van der Waals surface area contributed by atoms with Gasteiger partial charge in [0, 0.05) is 43.9 Å². The Bertz CT molecular complexity index is 1320. The van der Waals surface area contributed by atoms with Crippen LogP contribution in [-0.2, 0) is 6.42 Å². The molecule has 0 aliphatic carbocycles. The van der Waals surface area contributed by atoms with Crippen LogP contribution in [-0.4, -0.2) is 58.1 Å². The smallest absolute Gasteiger partial charge is 0.389 e. The van der Waals surface area contributed by atoms with Crippen molar-refractivity contribution in [1.82, 2.24) is 19.9 Å². The molecule has 0 spiro atoms. The zero-order chi connectivity index (χ0) is 23.2. The quantitative estimate of drug-likeness (QED) is 0.453. The van der Waals surface area contributed by atoms with E-state index in [0.29, 0.717) is 60.1 Å². The van der Waals surface area contributed by atoms with Crippen LogP contribution >= 0.6 is 0 Å². The molecule has 1 aliphatic heterocycles. The number of carbonyl (C=O) groups is 1. The second-order valence-corrected chi connectivity index (χ2v) is 7.96. The Labute approximate surface area is 186 Å². The molecule has 172 valence electrons. The molecule has 0 N–H and O–H groups in total. The lowest BCUT2D eigenvalue weighted by Crippen LogP contribution is -2.48. The Kier molecular flexibility index (Phi) is 5.18. The molecule has 0 atom stereocenters. The number of nitrogens with zero attached hydrogens (tertiary/aromatic N) is 5. The topological polar surface area (TPSA) is 88.5 Å². The molecule has 0 bridgehead atoms. The van der Waals surface area contributed by atoms with Crippen LogP contribution in [0.1, 0.15) is 28.4 Å². The normalized spacial score (nSPS) is 15.0. The monoisotopic (exact) mass is 459 g/mol. The molecule has 1 aromatic carbocycles. The minimum Gasteiger partial charge on any atom is -0.441 e. The molecular weight excluding hydrogens is 439 g/mol. The van der Waals surface area contributed by atoms with Gasteiger partial charge in [-0.15, -0.1) is 0 Å². The SMILES string of the molecule is Cc1ccc2oc(N3CCN(C(=O)c4ccc5nc(CCC(F)(F)F)oc5c4)CC3)nc2n1. The number of hydrogen-bond acceptors (Lipinski definition) is 7. The molecule has 0 unspecified atom stereocenters. The lowest BCUT2D eigenvalue weighted by molar-refractivity contribution is -0.134. The number of aryl methyl sites for hydroxylation is 2. The highest BCUT2D eigenvalue weighted by Crippen LogP contribution is 2.25. The third-order valence-electron chi connectivity index (χ3n) is 5.52. The Hall–Kier alpha value is -3.63. The molecule has 5 rings (SSSR count). The summed E-state index contributed by atoms with van der Waals surface area (Å²) in [7, 11) is 0. The van der Waals surface area contributed by atoms with Crippen LogP contribution in [0, 0.1) is 6.92 Å². The van der Waals surface area contributed by atoms with Crippen molar-refractivity contribution in [3.8, 4) is 0 Å². The fraction of sp³-hybridized carbons (Fsp3) is 0.364. The average Bonchev–Trinajstić information content (AvgIpc) is 3.39. The molecule has 4 aromatic rings. The summed E-state index contributed by atoms with van der Waals surface area (Å²) in [6, 6.07) is 8.91. The summed E-state index contributed by atoms with van der Waals surface area (Å²) < 4.78 is 48.6. The molecule has 8 nitrogen and oxygen atoms in total.